The highest BCUT2D eigenvalue weighted by Crippen LogP contribution is 2.24. The molecule has 1 atom stereocenters. The van der Waals surface area contributed by atoms with Crippen LogP contribution in [-0.4, -0.2) is 59.8 Å². The van der Waals surface area contributed by atoms with Crippen molar-refractivity contribution in [3.63, 3.8) is 0 Å². The van der Waals surface area contributed by atoms with Crippen LogP contribution < -0.4 is 14.2 Å². The van der Waals surface area contributed by atoms with Crippen molar-refractivity contribution in [2.24, 2.45) is 0 Å². The van der Waals surface area contributed by atoms with Gasteiger partial charge in [-0.3, -0.25) is 4.90 Å². The number of hydrogen-bond acceptors (Lipinski definition) is 5. The van der Waals surface area contributed by atoms with Crippen LogP contribution in [-0.2, 0) is 14.9 Å². The molecule has 1 saturated heterocycles. The van der Waals surface area contributed by atoms with Crippen molar-refractivity contribution in [3.8, 4) is 5.75 Å². The molecule has 2 rings (SSSR count). The molecule has 1 aliphatic rings. The minimum Gasteiger partial charge on any atom is -0.497 e. The van der Waals surface area contributed by atoms with Gasteiger partial charge in [-0.25, -0.2) is 9.44 Å². The fourth-order valence-corrected chi connectivity index (χ4v) is 3.62. The maximum absolute atomic E-state index is 12.0. The van der Waals surface area contributed by atoms with Gasteiger partial charge < -0.3 is 9.47 Å². The Kier molecular flexibility index (Phi) is 7.44. The van der Waals surface area contributed by atoms with E-state index in [1.54, 1.807) is 7.11 Å². The molecule has 2 N–H and O–H groups in total. The lowest BCUT2D eigenvalue weighted by Gasteiger charge is -2.35. The Labute approximate surface area is 144 Å². The number of nitrogens with one attached hydrogen (secondary N) is 2. The molecule has 136 valence electrons. The van der Waals surface area contributed by atoms with Crippen LogP contribution in [0.5, 0.6) is 5.75 Å². The molecule has 1 aromatic rings. The van der Waals surface area contributed by atoms with E-state index in [1.807, 2.05) is 31.2 Å². The number of ether oxygens (including phenoxy) is 2. The Hall–Kier alpha value is -1.19. The summed E-state index contributed by atoms with van der Waals surface area (Å²) >= 11 is 0. The van der Waals surface area contributed by atoms with E-state index in [2.05, 4.69) is 14.3 Å². The third-order valence-corrected chi connectivity index (χ3v) is 5.10. The van der Waals surface area contributed by atoms with E-state index in [0.717, 1.165) is 30.8 Å². The van der Waals surface area contributed by atoms with Crippen LogP contribution in [0, 0.1) is 0 Å². The molecule has 1 aromatic carbocycles. The summed E-state index contributed by atoms with van der Waals surface area (Å²) in [5, 5.41) is 0. The van der Waals surface area contributed by atoms with Crippen molar-refractivity contribution in [2.45, 2.75) is 19.4 Å². The van der Waals surface area contributed by atoms with Gasteiger partial charge in [-0.1, -0.05) is 19.1 Å². The number of nitrogens with zero attached hydrogens (tertiary/aromatic N) is 1. The van der Waals surface area contributed by atoms with Gasteiger partial charge in [-0.15, -0.1) is 0 Å². The third kappa shape index (κ3) is 5.71. The first-order valence-electron chi connectivity index (χ1n) is 8.25. The molecular formula is C16H27N3O4S. The topological polar surface area (TPSA) is 79.9 Å². The van der Waals surface area contributed by atoms with Crippen LogP contribution in [0.2, 0.25) is 0 Å². The van der Waals surface area contributed by atoms with Gasteiger partial charge in [0.15, 0.2) is 0 Å². The molecule has 0 spiro atoms. The third-order valence-electron chi connectivity index (χ3n) is 3.97. The standard InChI is InChI=1S/C16H27N3O4S/c1-3-7-17-24(20,21)18-13-16(19-8-10-23-11-9-19)14-5-4-6-15(12-14)22-2/h4-6,12,16-18H,3,7-11,13H2,1-2H3. The molecule has 1 fully saturated rings. The highest BCUT2D eigenvalue weighted by Gasteiger charge is 2.24. The van der Waals surface area contributed by atoms with Gasteiger partial charge in [0.05, 0.1) is 20.3 Å². The van der Waals surface area contributed by atoms with E-state index >= 15 is 0 Å². The van der Waals surface area contributed by atoms with Gasteiger partial charge in [0.2, 0.25) is 0 Å². The summed E-state index contributed by atoms with van der Waals surface area (Å²) in [6.45, 7) is 5.50. The molecule has 0 aromatic heterocycles. The molecular weight excluding hydrogens is 330 g/mol. The van der Waals surface area contributed by atoms with Crippen molar-refractivity contribution < 1.29 is 17.9 Å². The Morgan fingerprint density at radius 2 is 2.04 bits per heavy atom. The average molecular weight is 357 g/mol. The van der Waals surface area contributed by atoms with Crippen LogP contribution >= 0.6 is 0 Å². The van der Waals surface area contributed by atoms with Gasteiger partial charge in [0, 0.05) is 32.2 Å². The lowest BCUT2D eigenvalue weighted by molar-refractivity contribution is 0.0171. The Bertz CT molecular complexity index is 603. The molecule has 24 heavy (non-hydrogen) atoms. The van der Waals surface area contributed by atoms with Crippen molar-refractivity contribution in [1.82, 2.24) is 14.3 Å². The van der Waals surface area contributed by atoms with Gasteiger partial charge in [0.25, 0.3) is 10.2 Å². The van der Waals surface area contributed by atoms with Gasteiger partial charge in [0.1, 0.15) is 5.75 Å². The summed E-state index contributed by atoms with van der Waals surface area (Å²) in [7, 11) is -1.87. The van der Waals surface area contributed by atoms with E-state index < -0.39 is 10.2 Å². The number of methoxy groups -OCH3 is 1. The molecule has 7 nitrogen and oxygen atoms in total. The Morgan fingerprint density at radius 1 is 1.29 bits per heavy atom. The predicted octanol–water partition coefficient (Wildman–Crippen LogP) is 0.903. The zero-order valence-electron chi connectivity index (χ0n) is 14.3. The molecule has 8 heteroatoms. The van der Waals surface area contributed by atoms with Crippen LogP contribution in [0.25, 0.3) is 0 Å². The summed E-state index contributed by atoms with van der Waals surface area (Å²) in [6, 6.07) is 7.69. The van der Waals surface area contributed by atoms with E-state index in [0.29, 0.717) is 26.3 Å². The second-order valence-electron chi connectivity index (χ2n) is 5.69. The van der Waals surface area contributed by atoms with Crippen molar-refractivity contribution in [1.29, 1.82) is 0 Å². The van der Waals surface area contributed by atoms with Gasteiger partial charge in [-0.2, -0.15) is 8.42 Å². The SMILES string of the molecule is CCCNS(=O)(=O)NCC(c1cccc(OC)c1)N1CCOCC1. The summed E-state index contributed by atoms with van der Waals surface area (Å²) in [6.07, 6.45) is 0.754. The first-order valence-corrected chi connectivity index (χ1v) is 9.74. The normalized spacial score (nSPS) is 17.6. The van der Waals surface area contributed by atoms with Crippen molar-refractivity contribution >= 4 is 10.2 Å². The molecule has 0 bridgehead atoms. The largest absolute Gasteiger partial charge is 0.497 e. The quantitative estimate of drug-likeness (QED) is 0.686. The van der Waals surface area contributed by atoms with Crippen LogP contribution in [0.1, 0.15) is 24.9 Å². The average Bonchev–Trinajstić information content (AvgIpc) is 2.61. The van der Waals surface area contributed by atoms with E-state index in [1.165, 1.54) is 0 Å². The molecule has 0 aliphatic carbocycles. The summed E-state index contributed by atoms with van der Waals surface area (Å²) in [4.78, 5) is 2.24. The zero-order chi connectivity index (χ0) is 17.4. The maximum Gasteiger partial charge on any atom is 0.276 e. The Balaban J connectivity index is 2.13. The minimum absolute atomic E-state index is 0.0674. The first-order chi connectivity index (χ1) is 11.6. The van der Waals surface area contributed by atoms with E-state index in [9.17, 15) is 8.42 Å². The number of benzene rings is 1. The van der Waals surface area contributed by atoms with Crippen LogP contribution in [0.4, 0.5) is 0 Å². The number of rotatable bonds is 9. The fourth-order valence-electron chi connectivity index (χ4n) is 2.67. The maximum atomic E-state index is 12.0. The van der Waals surface area contributed by atoms with Gasteiger partial charge in [-0.05, 0) is 24.1 Å². The van der Waals surface area contributed by atoms with Gasteiger partial charge >= 0.3 is 0 Å². The highest BCUT2D eigenvalue weighted by molar-refractivity contribution is 7.87. The predicted molar refractivity (Wildman–Crippen MR) is 93.3 cm³/mol. The lowest BCUT2D eigenvalue weighted by atomic mass is 10.0. The van der Waals surface area contributed by atoms with E-state index in [-0.39, 0.29) is 6.04 Å². The van der Waals surface area contributed by atoms with E-state index in [4.69, 9.17) is 9.47 Å². The number of morpholine rings is 1. The Morgan fingerprint density at radius 3 is 2.71 bits per heavy atom. The second-order valence-corrected chi connectivity index (χ2v) is 7.27. The second kappa shape index (κ2) is 9.33. The van der Waals surface area contributed by atoms with Crippen LogP contribution in [0.3, 0.4) is 0 Å². The lowest BCUT2D eigenvalue weighted by Crippen LogP contribution is -2.46. The van der Waals surface area contributed by atoms with Crippen molar-refractivity contribution in [2.75, 3.05) is 46.5 Å². The first kappa shape index (κ1) is 19.1. The van der Waals surface area contributed by atoms with Crippen molar-refractivity contribution in [3.05, 3.63) is 29.8 Å². The monoisotopic (exact) mass is 357 g/mol. The highest BCUT2D eigenvalue weighted by atomic mass is 32.2. The number of hydrogen-bond donors (Lipinski definition) is 2. The molecule has 0 amide bonds. The minimum atomic E-state index is -3.49. The smallest absolute Gasteiger partial charge is 0.276 e. The zero-order valence-corrected chi connectivity index (χ0v) is 15.1. The summed E-state index contributed by atoms with van der Waals surface area (Å²) < 4.78 is 40.0. The summed E-state index contributed by atoms with van der Waals surface area (Å²) in [5.41, 5.74) is 1.02. The molecule has 0 saturated carbocycles. The molecule has 1 unspecified atom stereocenters. The fraction of sp³-hybridized carbons (Fsp3) is 0.625. The molecule has 1 aliphatic heterocycles. The summed E-state index contributed by atoms with van der Waals surface area (Å²) in [5.74, 6) is 0.762. The molecule has 0 radical (unpaired) electrons. The molecule has 1 heterocycles. The van der Waals surface area contributed by atoms with Crippen LogP contribution in [0.15, 0.2) is 24.3 Å².